The molecule has 0 bridgehead atoms. The van der Waals surface area contributed by atoms with Gasteiger partial charge in [-0.1, -0.05) is 13.8 Å². The lowest BCUT2D eigenvalue weighted by Crippen LogP contribution is -2.52. The third-order valence-electron chi connectivity index (χ3n) is 2.94. The number of nitrogens with one attached hydrogen (secondary N) is 1. The Morgan fingerprint density at radius 1 is 1.38 bits per heavy atom. The lowest BCUT2D eigenvalue weighted by molar-refractivity contribution is -0.145. The van der Waals surface area contributed by atoms with Crippen molar-refractivity contribution in [3.8, 4) is 0 Å². The molecule has 0 aliphatic carbocycles. The monoisotopic (exact) mass is 230 g/mol. The van der Waals surface area contributed by atoms with Gasteiger partial charge in [0, 0.05) is 0 Å². The molecule has 0 amide bonds. The van der Waals surface area contributed by atoms with E-state index in [9.17, 15) is 9.90 Å². The summed E-state index contributed by atoms with van der Waals surface area (Å²) >= 11 is 0. The SMILES string of the molecule is CCCNC(CC)(CCCN(C)C)C(=O)O. The van der Waals surface area contributed by atoms with Gasteiger partial charge in [-0.25, -0.2) is 0 Å². The van der Waals surface area contributed by atoms with E-state index in [4.69, 9.17) is 0 Å². The second-order valence-corrected chi connectivity index (χ2v) is 4.57. The first kappa shape index (κ1) is 15.4. The standard InChI is InChI=1S/C12H26N2O2/c1-5-9-13-12(6-2,11(15)16)8-7-10-14(3)4/h13H,5-10H2,1-4H3,(H,15,16). The fourth-order valence-corrected chi connectivity index (χ4v) is 1.79. The van der Waals surface area contributed by atoms with Crippen molar-refractivity contribution < 1.29 is 9.90 Å². The molecule has 0 rings (SSSR count). The molecule has 4 nitrogen and oxygen atoms in total. The van der Waals surface area contributed by atoms with Gasteiger partial charge in [0.1, 0.15) is 5.54 Å². The van der Waals surface area contributed by atoms with Crippen molar-refractivity contribution in [1.82, 2.24) is 10.2 Å². The number of nitrogens with zero attached hydrogens (tertiary/aromatic N) is 1. The molecule has 0 radical (unpaired) electrons. The van der Waals surface area contributed by atoms with Crippen molar-refractivity contribution in [2.24, 2.45) is 0 Å². The molecule has 0 fully saturated rings. The zero-order valence-corrected chi connectivity index (χ0v) is 11.0. The van der Waals surface area contributed by atoms with Crippen LogP contribution in [0.4, 0.5) is 0 Å². The molecule has 0 aromatic carbocycles. The Morgan fingerprint density at radius 2 is 2.00 bits per heavy atom. The minimum Gasteiger partial charge on any atom is -0.480 e. The molecule has 16 heavy (non-hydrogen) atoms. The quantitative estimate of drug-likeness (QED) is 0.631. The van der Waals surface area contributed by atoms with Crippen molar-refractivity contribution in [1.29, 1.82) is 0 Å². The number of hydrogen-bond donors (Lipinski definition) is 2. The molecule has 0 aromatic heterocycles. The first-order valence-corrected chi connectivity index (χ1v) is 6.11. The van der Waals surface area contributed by atoms with E-state index in [0.717, 1.165) is 25.9 Å². The van der Waals surface area contributed by atoms with E-state index in [1.54, 1.807) is 0 Å². The Kier molecular flexibility index (Phi) is 7.34. The highest BCUT2D eigenvalue weighted by Crippen LogP contribution is 2.18. The van der Waals surface area contributed by atoms with Crippen molar-refractivity contribution in [2.45, 2.75) is 45.1 Å². The molecule has 4 heteroatoms. The minimum absolute atomic E-state index is 0.635. The zero-order valence-electron chi connectivity index (χ0n) is 11.0. The van der Waals surface area contributed by atoms with Crippen LogP contribution in [0, 0.1) is 0 Å². The van der Waals surface area contributed by atoms with Gasteiger partial charge in [-0.05, 0) is 52.9 Å². The van der Waals surface area contributed by atoms with Crippen LogP contribution < -0.4 is 5.32 Å². The van der Waals surface area contributed by atoms with Gasteiger partial charge in [-0.2, -0.15) is 0 Å². The summed E-state index contributed by atoms with van der Waals surface area (Å²) in [7, 11) is 4.02. The molecule has 2 N–H and O–H groups in total. The first-order chi connectivity index (χ1) is 7.48. The molecule has 1 atom stereocenters. The second-order valence-electron chi connectivity index (χ2n) is 4.57. The van der Waals surface area contributed by atoms with Crippen LogP contribution in [0.5, 0.6) is 0 Å². The van der Waals surface area contributed by atoms with Gasteiger partial charge in [-0.3, -0.25) is 4.79 Å². The molecule has 0 aliphatic rings. The summed E-state index contributed by atoms with van der Waals surface area (Å²) in [5, 5.41) is 12.5. The van der Waals surface area contributed by atoms with Crippen LogP contribution >= 0.6 is 0 Å². The summed E-state index contributed by atoms with van der Waals surface area (Å²) in [5.41, 5.74) is -0.730. The van der Waals surface area contributed by atoms with Crippen LogP contribution in [0.25, 0.3) is 0 Å². The molecule has 0 heterocycles. The van der Waals surface area contributed by atoms with Crippen molar-refractivity contribution in [3.63, 3.8) is 0 Å². The summed E-state index contributed by atoms with van der Waals surface area (Å²) in [6.45, 7) is 5.69. The largest absolute Gasteiger partial charge is 0.480 e. The molecular weight excluding hydrogens is 204 g/mol. The predicted molar refractivity (Wildman–Crippen MR) is 66.7 cm³/mol. The maximum absolute atomic E-state index is 11.4. The van der Waals surface area contributed by atoms with Gasteiger partial charge in [0.05, 0.1) is 0 Å². The van der Waals surface area contributed by atoms with Crippen molar-refractivity contribution in [2.75, 3.05) is 27.2 Å². The van der Waals surface area contributed by atoms with Crippen LogP contribution in [-0.4, -0.2) is 48.7 Å². The number of carboxylic acids is 1. The normalized spacial score (nSPS) is 15.1. The van der Waals surface area contributed by atoms with Crippen LogP contribution in [0.3, 0.4) is 0 Å². The Balaban J connectivity index is 4.33. The average molecular weight is 230 g/mol. The van der Waals surface area contributed by atoms with Gasteiger partial charge >= 0.3 is 5.97 Å². The van der Waals surface area contributed by atoms with E-state index >= 15 is 0 Å². The van der Waals surface area contributed by atoms with Gasteiger partial charge in [-0.15, -0.1) is 0 Å². The lowest BCUT2D eigenvalue weighted by atomic mass is 9.90. The molecule has 0 aromatic rings. The second kappa shape index (κ2) is 7.63. The minimum atomic E-state index is -0.730. The summed E-state index contributed by atoms with van der Waals surface area (Å²) < 4.78 is 0. The van der Waals surface area contributed by atoms with Crippen LogP contribution in [0.15, 0.2) is 0 Å². The van der Waals surface area contributed by atoms with E-state index in [0.29, 0.717) is 12.8 Å². The molecule has 0 saturated carbocycles. The number of carboxylic acid groups (broad SMARTS) is 1. The van der Waals surface area contributed by atoms with E-state index < -0.39 is 11.5 Å². The number of carbonyl (C=O) groups is 1. The maximum atomic E-state index is 11.4. The Morgan fingerprint density at radius 3 is 2.38 bits per heavy atom. The average Bonchev–Trinajstić information content (AvgIpc) is 2.22. The third-order valence-corrected chi connectivity index (χ3v) is 2.94. The van der Waals surface area contributed by atoms with Crippen molar-refractivity contribution >= 4 is 5.97 Å². The summed E-state index contributed by atoms with van der Waals surface area (Å²) in [6, 6.07) is 0. The van der Waals surface area contributed by atoms with E-state index in [1.807, 2.05) is 21.0 Å². The topological polar surface area (TPSA) is 52.6 Å². The molecule has 0 aliphatic heterocycles. The summed E-state index contributed by atoms with van der Waals surface area (Å²) in [4.78, 5) is 13.4. The molecule has 0 spiro atoms. The maximum Gasteiger partial charge on any atom is 0.323 e. The molecular formula is C12H26N2O2. The highest BCUT2D eigenvalue weighted by molar-refractivity contribution is 5.78. The highest BCUT2D eigenvalue weighted by atomic mass is 16.4. The lowest BCUT2D eigenvalue weighted by Gasteiger charge is -2.30. The van der Waals surface area contributed by atoms with Gasteiger partial charge in [0.25, 0.3) is 0 Å². The smallest absolute Gasteiger partial charge is 0.323 e. The van der Waals surface area contributed by atoms with Crippen molar-refractivity contribution in [3.05, 3.63) is 0 Å². The number of aliphatic carboxylic acids is 1. The molecule has 1 unspecified atom stereocenters. The van der Waals surface area contributed by atoms with Gasteiger partial charge in [0.2, 0.25) is 0 Å². The highest BCUT2D eigenvalue weighted by Gasteiger charge is 2.35. The first-order valence-electron chi connectivity index (χ1n) is 6.11. The Labute approximate surface area is 99.0 Å². The summed E-state index contributed by atoms with van der Waals surface area (Å²) in [6.07, 6.45) is 3.19. The van der Waals surface area contributed by atoms with Crippen LogP contribution in [0.2, 0.25) is 0 Å². The van der Waals surface area contributed by atoms with Gasteiger partial charge in [0.15, 0.2) is 0 Å². The Hall–Kier alpha value is -0.610. The Bertz CT molecular complexity index is 207. The van der Waals surface area contributed by atoms with Gasteiger partial charge < -0.3 is 15.3 Å². The van der Waals surface area contributed by atoms with E-state index in [1.165, 1.54) is 0 Å². The fourth-order valence-electron chi connectivity index (χ4n) is 1.79. The fraction of sp³-hybridized carbons (Fsp3) is 0.917. The molecule has 0 saturated heterocycles. The predicted octanol–water partition coefficient (Wildman–Crippen LogP) is 1.56. The zero-order chi connectivity index (χ0) is 12.6. The summed E-state index contributed by atoms with van der Waals surface area (Å²) in [5.74, 6) is -0.720. The number of rotatable bonds is 9. The van der Waals surface area contributed by atoms with Crippen LogP contribution in [-0.2, 0) is 4.79 Å². The van der Waals surface area contributed by atoms with E-state index in [-0.39, 0.29) is 0 Å². The molecule has 96 valence electrons. The van der Waals surface area contributed by atoms with Crippen LogP contribution in [0.1, 0.15) is 39.5 Å². The third kappa shape index (κ3) is 4.94. The number of hydrogen-bond acceptors (Lipinski definition) is 3. The van der Waals surface area contributed by atoms with E-state index in [2.05, 4.69) is 17.1 Å².